The van der Waals surface area contributed by atoms with E-state index in [-0.39, 0.29) is 11.7 Å². The Morgan fingerprint density at radius 2 is 1.64 bits per heavy atom. The van der Waals surface area contributed by atoms with Crippen LogP contribution in [0.1, 0.15) is 33.2 Å². The highest BCUT2D eigenvalue weighted by Gasteiger charge is 2.42. The van der Waals surface area contributed by atoms with E-state index in [1.54, 1.807) is 38.4 Å². The Morgan fingerprint density at radius 1 is 0.917 bits per heavy atom. The molecule has 0 saturated carbocycles. The van der Waals surface area contributed by atoms with Gasteiger partial charge in [-0.3, -0.25) is 9.89 Å². The fourth-order valence-corrected chi connectivity index (χ4v) is 4.67. The quantitative estimate of drug-likeness (QED) is 0.377. The molecule has 5 rings (SSSR count). The standard InChI is InChI=1S/C28H26FN3O4/c1-34-21-11-7-18(8-12-21)25-24-26(31-30-25)28(33)32(27(24)19-5-9-20(29)10-6-19)15-14-17-4-13-22(35-2)23(16-17)36-3/h4-13,16,27H,14-15H2,1-3H3,(H,30,31). The minimum Gasteiger partial charge on any atom is -0.497 e. The molecule has 36 heavy (non-hydrogen) atoms. The van der Waals surface area contributed by atoms with Crippen molar-refractivity contribution in [3.63, 3.8) is 0 Å². The zero-order valence-corrected chi connectivity index (χ0v) is 20.2. The second kappa shape index (κ2) is 9.73. The van der Waals surface area contributed by atoms with Crippen LogP contribution in [0.4, 0.5) is 4.39 Å². The second-order valence-electron chi connectivity index (χ2n) is 8.48. The number of amides is 1. The first-order valence-electron chi connectivity index (χ1n) is 11.5. The van der Waals surface area contributed by atoms with Crippen LogP contribution in [-0.4, -0.2) is 48.9 Å². The van der Waals surface area contributed by atoms with E-state index in [9.17, 15) is 9.18 Å². The second-order valence-corrected chi connectivity index (χ2v) is 8.48. The first kappa shape index (κ1) is 23.4. The SMILES string of the molecule is COc1ccc(-c2n[nH]c3c2C(c2ccc(F)cc2)N(CCc2ccc(OC)c(OC)c2)C3=O)cc1. The molecule has 8 heteroatoms. The fourth-order valence-electron chi connectivity index (χ4n) is 4.67. The van der Waals surface area contributed by atoms with Crippen molar-refractivity contribution in [3.8, 4) is 28.5 Å². The van der Waals surface area contributed by atoms with Crippen LogP contribution in [0, 0.1) is 5.82 Å². The highest BCUT2D eigenvalue weighted by molar-refractivity contribution is 6.00. The van der Waals surface area contributed by atoms with Gasteiger partial charge in [0.1, 0.15) is 17.3 Å². The number of ether oxygens (including phenoxy) is 3. The summed E-state index contributed by atoms with van der Waals surface area (Å²) in [6.07, 6.45) is 0.597. The first-order valence-corrected chi connectivity index (χ1v) is 11.5. The summed E-state index contributed by atoms with van der Waals surface area (Å²) >= 11 is 0. The fraction of sp³-hybridized carbons (Fsp3) is 0.214. The van der Waals surface area contributed by atoms with Crippen molar-refractivity contribution in [2.24, 2.45) is 0 Å². The molecule has 1 aliphatic rings. The summed E-state index contributed by atoms with van der Waals surface area (Å²) in [5.41, 5.74) is 4.58. The van der Waals surface area contributed by atoms with Gasteiger partial charge in [0.05, 0.1) is 33.1 Å². The Balaban J connectivity index is 1.51. The lowest BCUT2D eigenvalue weighted by Crippen LogP contribution is -2.31. The van der Waals surface area contributed by atoms with Crippen molar-refractivity contribution in [3.05, 3.63) is 94.9 Å². The molecule has 0 saturated heterocycles. The third kappa shape index (κ3) is 4.15. The van der Waals surface area contributed by atoms with Crippen LogP contribution in [0.3, 0.4) is 0 Å². The molecule has 0 fully saturated rings. The molecule has 0 radical (unpaired) electrons. The van der Waals surface area contributed by atoms with Crippen molar-refractivity contribution in [1.82, 2.24) is 15.1 Å². The summed E-state index contributed by atoms with van der Waals surface area (Å²) in [5.74, 6) is 1.53. The van der Waals surface area contributed by atoms with Gasteiger partial charge in [-0.1, -0.05) is 18.2 Å². The Bertz CT molecular complexity index is 1380. The summed E-state index contributed by atoms with van der Waals surface area (Å²) in [4.78, 5) is 15.4. The predicted octanol–water partition coefficient (Wildman–Crippen LogP) is 5.03. The van der Waals surface area contributed by atoms with Gasteiger partial charge in [0, 0.05) is 17.7 Å². The number of benzene rings is 3. The van der Waals surface area contributed by atoms with Gasteiger partial charge >= 0.3 is 0 Å². The van der Waals surface area contributed by atoms with Gasteiger partial charge in [0.2, 0.25) is 0 Å². The maximum absolute atomic E-state index is 13.8. The average molecular weight is 488 g/mol. The van der Waals surface area contributed by atoms with Crippen LogP contribution in [0.5, 0.6) is 17.2 Å². The molecule has 0 spiro atoms. The van der Waals surface area contributed by atoms with Crippen LogP contribution in [0.15, 0.2) is 66.7 Å². The lowest BCUT2D eigenvalue weighted by atomic mass is 9.96. The molecule has 184 valence electrons. The molecule has 2 heterocycles. The van der Waals surface area contributed by atoms with Crippen LogP contribution in [0.2, 0.25) is 0 Å². The van der Waals surface area contributed by atoms with E-state index in [1.807, 2.05) is 42.5 Å². The molecule has 1 aromatic heterocycles. The van der Waals surface area contributed by atoms with Crippen LogP contribution in [0.25, 0.3) is 11.3 Å². The summed E-state index contributed by atoms with van der Waals surface area (Å²) in [6, 6.07) is 19.1. The number of aromatic amines is 1. The number of rotatable bonds is 8. The Labute approximate surface area is 208 Å². The monoisotopic (exact) mass is 487 g/mol. The number of nitrogens with one attached hydrogen (secondary N) is 1. The molecule has 1 atom stereocenters. The zero-order chi connectivity index (χ0) is 25.2. The highest BCUT2D eigenvalue weighted by Crippen LogP contribution is 2.43. The van der Waals surface area contributed by atoms with E-state index in [2.05, 4.69) is 10.2 Å². The highest BCUT2D eigenvalue weighted by atomic mass is 19.1. The van der Waals surface area contributed by atoms with E-state index in [1.165, 1.54) is 12.1 Å². The van der Waals surface area contributed by atoms with Crippen LogP contribution >= 0.6 is 0 Å². The maximum atomic E-state index is 13.8. The van der Waals surface area contributed by atoms with Crippen molar-refractivity contribution in [2.45, 2.75) is 12.5 Å². The van der Waals surface area contributed by atoms with Crippen LogP contribution in [-0.2, 0) is 6.42 Å². The Morgan fingerprint density at radius 3 is 2.31 bits per heavy atom. The maximum Gasteiger partial charge on any atom is 0.273 e. The van der Waals surface area contributed by atoms with E-state index < -0.39 is 6.04 Å². The normalized spacial score (nSPS) is 14.6. The van der Waals surface area contributed by atoms with Crippen molar-refractivity contribution >= 4 is 5.91 Å². The smallest absolute Gasteiger partial charge is 0.273 e. The molecular weight excluding hydrogens is 461 g/mol. The molecule has 0 bridgehead atoms. The summed E-state index contributed by atoms with van der Waals surface area (Å²) < 4.78 is 29.8. The lowest BCUT2D eigenvalue weighted by Gasteiger charge is -2.26. The largest absolute Gasteiger partial charge is 0.497 e. The molecule has 1 N–H and O–H groups in total. The van der Waals surface area contributed by atoms with Crippen LogP contribution < -0.4 is 14.2 Å². The Kier molecular flexibility index (Phi) is 6.33. The molecule has 1 unspecified atom stereocenters. The minimum absolute atomic E-state index is 0.146. The average Bonchev–Trinajstić information content (AvgIpc) is 3.46. The van der Waals surface area contributed by atoms with Crippen molar-refractivity contribution in [2.75, 3.05) is 27.9 Å². The van der Waals surface area contributed by atoms with Gasteiger partial charge in [-0.25, -0.2) is 4.39 Å². The van der Waals surface area contributed by atoms with E-state index >= 15 is 0 Å². The molecule has 4 aromatic rings. The first-order chi connectivity index (χ1) is 17.5. The number of hydrogen-bond acceptors (Lipinski definition) is 5. The van der Waals surface area contributed by atoms with Gasteiger partial charge in [0.25, 0.3) is 5.91 Å². The predicted molar refractivity (Wildman–Crippen MR) is 133 cm³/mol. The number of methoxy groups -OCH3 is 3. The number of carbonyl (C=O) groups excluding carboxylic acids is 1. The number of H-pyrrole nitrogens is 1. The molecule has 0 aliphatic carbocycles. The summed E-state index contributed by atoms with van der Waals surface area (Å²) in [6.45, 7) is 0.445. The van der Waals surface area contributed by atoms with Gasteiger partial charge in [-0.05, 0) is 66.1 Å². The Hall–Kier alpha value is -4.33. The van der Waals surface area contributed by atoms with Gasteiger partial charge in [0.15, 0.2) is 11.5 Å². The molecule has 7 nitrogen and oxygen atoms in total. The van der Waals surface area contributed by atoms with Gasteiger partial charge in [-0.2, -0.15) is 5.10 Å². The zero-order valence-electron chi connectivity index (χ0n) is 20.2. The van der Waals surface area contributed by atoms with Gasteiger partial charge < -0.3 is 19.1 Å². The van der Waals surface area contributed by atoms with Gasteiger partial charge in [-0.15, -0.1) is 0 Å². The molecular formula is C28H26FN3O4. The topological polar surface area (TPSA) is 76.7 Å². The molecule has 1 amide bonds. The minimum atomic E-state index is -0.413. The van der Waals surface area contributed by atoms with Crippen molar-refractivity contribution in [1.29, 1.82) is 0 Å². The van der Waals surface area contributed by atoms with E-state index in [0.29, 0.717) is 35.9 Å². The summed E-state index contributed by atoms with van der Waals surface area (Å²) in [5, 5.41) is 7.44. The number of halogens is 1. The van der Waals surface area contributed by atoms with E-state index in [0.717, 1.165) is 28.0 Å². The molecule has 3 aromatic carbocycles. The number of nitrogens with zero attached hydrogens (tertiary/aromatic N) is 2. The third-order valence-corrected chi connectivity index (χ3v) is 6.50. The molecule has 1 aliphatic heterocycles. The summed E-state index contributed by atoms with van der Waals surface area (Å²) in [7, 11) is 4.80. The number of aromatic nitrogens is 2. The third-order valence-electron chi connectivity index (χ3n) is 6.50. The lowest BCUT2D eigenvalue weighted by molar-refractivity contribution is 0.0746. The number of hydrogen-bond donors (Lipinski definition) is 1. The number of carbonyl (C=O) groups is 1. The van der Waals surface area contributed by atoms with E-state index in [4.69, 9.17) is 14.2 Å². The van der Waals surface area contributed by atoms with Crippen molar-refractivity contribution < 1.29 is 23.4 Å². The number of fused-ring (bicyclic) bond motifs is 1.